The average molecular weight is 265 g/mol. The number of halogens is 1. The van der Waals surface area contributed by atoms with Crippen LogP contribution in [0, 0.1) is 0 Å². The summed E-state index contributed by atoms with van der Waals surface area (Å²) in [5.74, 6) is -0.474. The number of rotatable bonds is 2. The first-order chi connectivity index (χ1) is 8.56. The minimum absolute atomic E-state index is 0.0856. The minimum Gasteiger partial charge on any atom is -0.399 e. The Bertz CT molecular complexity index is 633. The lowest BCUT2D eigenvalue weighted by atomic mass is 10.2. The van der Waals surface area contributed by atoms with Gasteiger partial charge in [-0.2, -0.15) is 5.10 Å². The molecule has 2 aromatic rings. The van der Waals surface area contributed by atoms with Gasteiger partial charge in [0.25, 0.3) is 11.5 Å². The van der Waals surface area contributed by atoms with Crippen LogP contribution in [0.5, 0.6) is 0 Å². The summed E-state index contributed by atoms with van der Waals surface area (Å²) >= 11 is 5.91. The molecule has 0 saturated carbocycles. The van der Waals surface area contributed by atoms with E-state index in [0.29, 0.717) is 16.4 Å². The Kier molecular flexibility index (Phi) is 3.29. The number of amides is 1. The molecule has 2 rings (SSSR count). The van der Waals surface area contributed by atoms with Crippen LogP contribution < -0.4 is 16.6 Å². The number of hydrogen-bond donors (Lipinski definition) is 3. The van der Waals surface area contributed by atoms with Crippen LogP contribution in [0.25, 0.3) is 0 Å². The molecule has 1 aromatic heterocycles. The molecule has 0 bridgehead atoms. The van der Waals surface area contributed by atoms with Crippen LogP contribution in [0.1, 0.15) is 10.5 Å². The van der Waals surface area contributed by atoms with Crippen molar-refractivity contribution in [3.8, 4) is 0 Å². The number of H-pyrrole nitrogens is 1. The first-order valence-corrected chi connectivity index (χ1v) is 5.36. The van der Waals surface area contributed by atoms with E-state index >= 15 is 0 Å². The van der Waals surface area contributed by atoms with Crippen molar-refractivity contribution in [1.82, 2.24) is 10.2 Å². The lowest BCUT2D eigenvalue weighted by molar-refractivity contribution is 0.102. The Labute approximate surface area is 107 Å². The molecular formula is C11H9ClN4O2. The number of carbonyl (C=O) groups excluding carboxylic acids is 1. The van der Waals surface area contributed by atoms with E-state index in [0.717, 1.165) is 0 Å². The fourth-order valence-electron chi connectivity index (χ4n) is 1.29. The van der Waals surface area contributed by atoms with Crippen molar-refractivity contribution in [2.24, 2.45) is 0 Å². The number of nitrogens with zero attached hydrogens (tertiary/aromatic N) is 1. The van der Waals surface area contributed by atoms with Crippen molar-refractivity contribution in [2.75, 3.05) is 11.1 Å². The van der Waals surface area contributed by atoms with E-state index in [1.165, 1.54) is 18.2 Å². The van der Waals surface area contributed by atoms with Gasteiger partial charge in [0.2, 0.25) is 0 Å². The first kappa shape index (κ1) is 12.1. The number of nitrogen functional groups attached to an aromatic ring is 1. The van der Waals surface area contributed by atoms with Crippen LogP contribution in [-0.2, 0) is 0 Å². The number of benzene rings is 1. The summed E-state index contributed by atoms with van der Waals surface area (Å²) in [4.78, 5) is 22.6. The third kappa shape index (κ3) is 2.67. The quantitative estimate of drug-likeness (QED) is 0.711. The Balaban J connectivity index is 2.21. The summed E-state index contributed by atoms with van der Waals surface area (Å²) in [5, 5.41) is 8.66. The molecule has 1 aromatic carbocycles. The fourth-order valence-corrected chi connectivity index (χ4v) is 1.53. The number of hydrogen-bond acceptors (Lipinski definition) is 4. The third-order valence-electron chi connectivity index (χ3n) is 2.15. The SMILES string of the molecule is Nc1ccc(NC(=O)c2ccc(=O)[nH]n2)c(Cl)c1. The smallest absolute Gasteiger partial charge is 0.276 e. The van der Waals surface area contributed by atoms with Gasteiger partial charge in [-0.15, -0.1) is 0 Å². The van der Waals surface area contributed by atoms with Crippen LogP contribution in [0.4, 0.5) is 11.4 Å². The van der Waals surface area contributed by atoms with Crippen molar-refractivity contribution >= 4 is 28.9 Å². The molecule has 0 saturated heterocycles. The van der Waals surface area contributed by atoms with Gasteiger partial charge in [0, 0.05) is 11.8 Å². The highest BCUT2D eigenvalue weighted by Gasteiger charge is 2.09. The minimum atomic E-state index is -0.474. The number of carbonyl (C=O) groups is 1. The topological polar surface area (TPSA) is 101 Å². The second kappa shape index (κ2) is 4.89. The highest BCUT2D eigenvalue weighted by molar-refractivity contribution is 6.34. The molecular weight excluding hydrogens is 256 g/mol. The molecule has 0 aliphatic carbocycles. The zero-order valence-corrected chi connectivity index (χ0v) is 9.86. The summed E-state index contributed by atoms with van der Waals surface area (Å²) in [6.45, 7) is 0. The first-order valence-electron chi connectivity index (χ1n) is 4.98. The Morgan fingerprint density at radius 2 is 2.11 bits per heavy atom. The van der Waals surface area contributed by atoms with Gasteiger partial charge in [0.15, 0.2) is 0 Å². The summed E-state index contributed by atoms with van der Waals surface area (Å²) in [7, 11) is 0. The van der Waals surface area contributed by atoms with E-state index in [4.69, 9.17) is 17.3 Å². The van der Waals surface area contributed by atoms with Crippen LogP contribution in [0.2, 0.25) is 5.02 Å². The highest BCUT2D eigenvalue weighted by atomic mass is 35.5. The Hall–Kier alpha value is -2.34. The molecule has 92 valence electrons. The molecule has 4 N–H and O–H groups in total. The predicted molar refractivity (Wildman–Crippen MR) is 68.7 cm³/mol. The van der Waals surface area contributed by atoms with Crippen LogP contribution in [0.3, 0.4) is 0 Å². The van der Waals surface area contributed by atoms with Crippen LogP contribution in [0.15, 0.2) is 35.1 Å². The maximum atomic E-state index is 11.8. The zero-order valence-electron chi connectivity index (χ0n) is 9.11. The van der Waals surface area contributed by atoms with E-state index in [1.807, 2.05) is 0 Å². The zero-order chi connectivity index (χ0) is 13.1. The Morgan fingerprint density at radius 1 is 1.33 bits per heavy atom. The maximum absolute atomic E-state index is 11.8. The number of nitrogens with two attached hydrogens (primary N) is 1. The molecule has 6 nitrogen and oxygen atoms in total. The monoisotopic (exact) mass is 264 g/mol. The number of aromatic nitrogens is 2. The van der Waals surface area contributed by atoms with E-state index in [2.05, 4.69) is 15.5 Å². The largest absolute Gasteiger partial charge is 0.399 e. The van der Waals surface area contributed by atoms with Crippen LogP contribution >= 0.6 is 11.6 Å². The van der Waals surface area contributed by atoms with Gasteiger partial charge in [-0.1, -0.05) is 11.6 Å². The van der Waals surface area contributed by atoms with E-state index in [-0.39, 0.29) is 11.3 Å². The van der Waals surface area contributed by atoms with Gasteiger partial charge in [0.1, 0.15) is 5.69 Å². The molecule has 0 spiro atoms. The molecule has 0 atom stereocenters. The summed E-state index contributed by atoms with van der Waals surface area (Å²) in [6.07, 6.45) is 0. The molecule has 7 heteroatoms. The van der Waals surface area contributed by atoms with Crippen molar-refractivity contribution in [3.63, 3.8) is 0 Å². The van der Waals surface area contributed by atoms with Crippen molar-refractivity contribution in [3.05, 3.63) is 51.4 Å². The van der Waals surface area contributed by atoms with Gasteiger partial charge < -0.3 is 11.1 Å². The lowest BCUT2D eigenvalue weighted by Crippen LogP contribution is -2.17. The van der Waals surface area contributed by atoms with Crippen LogP contribution in [-0.4, -0.2) is 16.1 Å². The van der Waals surface area contributed by atoms with Crippen molar-refractivity contribution in [2.45, 2.75) is 0 Å². The predicted octanol–water partition coefficient (Wildman–Crippen LogP) is 1.26. The van der Waals surface area contributed by atoms with E-state index < -0.39 is 5.91 Å². The molecule has 1 heterocycles. The van der Waals surface area contributed by atoms with Crippen molar-refractivity contribution < 1.29 is 4.79 Å². The maximum Gasteiger partial charge on any atom is 0.276 e. The summed E-state index contributed by atoms with van der Waals surface area (Å²) in [5.41, 5.74) is 6.17. The summed E-state index contributed by atoms with van der Waals surface area (Å²) < 4.78 is 0. The van der Waals surface area contributed by atoms with Gasteiger partial charge in [-0.05, 0) is 24.3 Å². The molecule has 0 fully saturated rings. The second-order valence-electron chi connectivity index (χ2n) is 3.50. The van der Waals surface area contributed by atoms with Gasteiger partial charge >= 0.3 is 0 Å². The standard InChI is InChI=1S/C11H9ClN4O2/c12-7-5-6(13)1-2-8(7)14-11(18)9-3-4-10(17)16-15-9/h1-5H,13H2,(H,14,18)(H,16,17). The molecule has 0 aliphatic heterocycles. The molecule has 0 aliphatic rings. The van der Waals surface area contributed by atoms with E-state index in [1.54, 1.807) is 12.1 Å². The molecule has 18 heavy (non-hydrogen) atoms. The molecule has 1 amide bonds. The van der Waals surface area contributed by atoms with Gasteiger partial charge in [-0.25, -0.2) is 5.10 Å². The Morgan fingerprint density at radius 3 is 2.72 bits per heavy atom. The molecule has 0 unspecified atom stereocenters. The van der Waals surface area contributed by atoms with E-state index in [9.17, 15) is 9.59 Å². The second-order valence-corrected chi connectivity index (χ2v) is 3.91. The van der Waals surface area contributed by atoms with Gasteiger partial charge in [-0.3, -0.25) is 9.59 Å². The molecule has 0 radical (unpaired) electrons. The van der Waals surface area contributed by atoms with Gasteiger partial charge in [0.05, 0.1) is 10.7 Å². The lowest BCUT2D eigenvalue weighted by Gasteiger charge is -2.06. The van der Waals surface area contributed by atoms with Crippen molar-refractivity contribution in [1.29, 1.82) is 0 Å². The fraction of sp³-hybridized carbons (Fsp3) is 0. The number of aromatic amines is 1. The number of anilines is 2. The normalized spacial score (nSPS) is 10.1. The summed E-state index contributed by atoms with van der Waals surface area (Å²) in [6, 6.07) is 7.26. The third-order valence-corrected chi connectivity index (χ3v) is 2.47. The number of nitrogens with one attached hydrogen (secondary N) is 2. The average Bonchev–Trinajstić information content (AvgIpc) is 2.33. The highest BCUT2D eigenvalue weighted by Crippen LogP contribution is 2.24.